The molecule has 33 heavy (non-hydrogen) atoms. The van der Waals surface area contributed by atoms with E-state index in [1.807, 2.05) is 17.9 Å². The summed E-state index contributed by atoms with van der Waals surface area (Å²) in [7, 11) is 1.37. The Labute approximate surface area is 196 Å². The van der Waals surface area contributed by atoms with E-state index in [0.29, 0.717) is 16.8 Å². The van der Waals surface area contributed by atoms with Crippen molar-refractivity contribution in [1.82, 2.24) is 9.47 Å². The van der Waals surface area contributed by atoms with Gasteiger partial charge in [-0.2, -0.15) is 0 Å². The van der Waals surface area contributed by atoms with E-state index in [4.69, 9.17) is 4.74 Å². The molecule has 1 aromatic heterocycles. The summed E-state index contributed by atoms with van der Waals surface area (Å²) in [5.41, 5.74) is 8.19. The number of benzene rings is 1. The number of aryl methyl sites for hydroxylation is 3. The highest BCUT2D eigenvalue weighted by Gasteiger charge is 2.40. The van der Waals surface area contributed by atoms with E-state index in [-0.39, 0.29) is 11.9 Å². The number of amides is 1. The zero-order valence-electron chi connectivity index (χ0n) is 20.6. The van der Waals surface area contributed by atoms with Crippen LogP contribution in [0.5, 0.6) is 0 Å². The molecule has 2 aliphatic rings. The SMILES string of the molecule is COC(=O)C1=C(C)N(C2CCCCC2)C(=O)C1=Cc1cc(C)n(-c2ccc(C)c(C)c2)c1C. The second-order valence-electron chi connectivity index (χ2n) is 9.41. The van der Waals surface area contributed by atoms with Crippen molar-refractivity contribution in [2.75, 3.05) is 7.11 Å². The van der Waals surface area contributed by atoms with Crippen LogP contribution in [0.1, 0.15) is 67.1 Å². The lowest BCUT2D eigenvalue weighted by molar-refractivity contribution is -0.136. The maximum absolute atomic E-state index is 13.6. The smallest absolute Gasteiger partial charge is 0.340 e. The highest BCUT2D eigenvalue weighted by Crippen LogP contribution is 2.37. The Bertz CT molecular complexity index is 1180. The van der Waals surface area contributed by atoms with Crippen LogP contribution in [0.2, 0.25) is 0 Å². The molecule has 0 saturated heterocycles. The highest BCUT2D eigenvalue weighted by molar-refractivity contribution is 6.16. The fourth-order valence-electron chi connectivity index (χ4n) is 5.33. The van der Waals surface area contributed by atoms with E-state index in [9.17, 15) is 9.59 Å². The van der Waals surface area contributed by atoms with Crippen molar-refractivity contribution in [3.63, 3.8) is 0 Å². The Hall–Kier alpha value is -3.08. The Morgan fingerprint density at radius 2 is 1.70 bits per heavy atom. The van der Waals surface area contributed by atoms with Gasteiger partial charge in [0, 0.05) is 28.8 Å². The molecule has 0 bridgehead atoms. The molecule has 1 aliphatic heterocycles. The number of esters is 1. The molecule has 174 valence electrons. The average molecular weight is 447 g/mol. The Morgan fingerprint density at radius 1 is 1.00 bits per heavy atom. The summed E-state index contributed by atoms with van der Waals surface area (Å²) in [4.78, 5) is 28.2. The molecule has 0 radical (unpaired) electrons. The van der Waals surface area contributed by atoms with E-state index < -0.39 is 5.97 Å². The van der Waals surface area contributed by atoms with Gasteiger partial charge in [0.1, 0.15) is 0 Å². The summed E-state index contributed by atoms with van der Waals surface area (Å²) >= 11 is 0. The van der Waals surface area contributed by atoms with Crippen LogP contribution >= 0.6 is 0 Å². The van der Waals surface area contributed by atoms with Crippen LogP contribution in [0.4, 0.5) is 0 Å². The van der Waals surface area contributed by atoms with Crippen LogP contribution in [-0.4, -0.2) is 34.5 Å². The van der Waals surface area contributed by atoms with Crippen LogP contribution in [0.15, 0.2) is 41.1 Å². The minimum atomic E-state index is -0.451. The maximum atomic E-state index is 13.6. The zero-order chi connectivity index (χ0) is 23.9. The van der Waals surface area contributed by atoms with E-state index in [1.165, 1.54) is 24.7 Å². The molecule has 0 unspecified atom stereocenters. The third kappa shape index (κ3) is 4.05. The van der Waals surface area contributed by atoms with Gasteiger partial charge >= 0.3 is 5.97 Å². The molecule has 5 nitrogen and oxygen atoms in total. The van der Waals surface area contributed by atoms with Crippen molar-refractivity contribution in [1.29, 1.82) is 0 Å². The number of ether oxygens (including phenoxy) is 1. The number of nitrogens with zero attached hydrogens (tertiary/aromatic N) is 2. The van der Waals surface area contributed by atoms with Crippen molar-refractivity contribution < 1.29 is 14.3 Å². The Balaban J connectivity index is 1.79. The van der Waals surface area contributed by atoms with E-state index in [0.717, 1.165) is 48.3 Å². The second kappa shape index (κ2) is 9.05. The van der Waals surface area contributed by atoms with Crippen LogP contribution in [0.3, 0.4) is 0 Å². The topological polar surface area (TPSA) is 51.5 Å². The lowest BCUT2D eigenvalue weighted by atomic mass is 9.94. The van der Waals surface area contributed by atoms with Gasteiger partial charge in [-0.15, -0.1) is 0 Å². The summed E-state index contributed by atoms with van der Waals surface area (Å²) in [6.07, 6.45) is 7.27. The lowest BCUT2D eigenvalue weighted by Gasteiger charge is -2.32. The van der Waals surface area contributed by atoms with Gasteiger partial charge in [-0.05, 0) is 88.4 Å². The van der Waals surface area contributed by atoms with Crippen molar-refractivity contribution in [3.05, 3.63) is 69.2 Å². The summed E-state index contributed by atoms with van der Waals surface area (Å²) in [5, 5.41) is 0. The molecule has 4 rings (SSSR count). The first-order valence-electron chi connectivity index (χ1n) is 11.9. The number of allylic oxidation sites excluding steroid dienone is 1. The molecule has 1 amide bonds. The predicted molar refractivity (Wildman–Crippen MR) is 131 cm³/mol. The van der Waals surface area contributed by atoms with Crippen LogP contribution in [0.25, 0.3) is 11.8 Å². The minimum Gasteiger partial charge on any atom is -0.465 e. The average Bonchev–Trinajstić information content (AvgIpc) is 3.21. The number of hydrogen-bond acceptors (Lipinski definition) is 3. The van der Waals surface area contributed by atoms with Crippen molar-refractivity contribution >= 4 is 18.0 Å². The molecule has 5 heteroatoms. The lowest BCUT2D eigenvalue weighted by Crippen LogP contribution is -2.37. The van der Waals surface area contributed by atoms with Crippen LogP contribution < -0.4 is 0 Å². The van der Waals surface area contributed by atoms with Gasteiger partial charge in [0.05, 0.1) is 18.3 Å². The maximum Gasteiger partial charge on any atom is 0.340 e. The van der Waals surface area contributed by atoms with Crippen molar-refractivity contribution in [2.24, 2.45) is 0 Å². The summed E-state index contributed by atoms with van der Waals surface area (Å²) in [5.74, 6) is -0.538. The van der Waals surface area contributed by atoms with Gasteiger partial charge in [-0.1, -0.05) is 25.3 Å². The van der Waals surface area contributed by atoms with Gasteiger partial charge in [0.2, 0.25) is 0 Å². The van der Waals surface area contributed by atoms with Gasteiger partial charge in [-0.3, -0.25) is 4.79 Å². The van der Waals surface area contributed by atoms with Crippen molar-refractivity contribution in [2.45, 2.75) is 72.8 Å². The van der Waals surface area contributed by atoms with E-state index >= 15 is 0 Å². The largest absolute Gasteiger partial charge is 0.465 e. The summed E-state index contributed by atoms with van der Waals surface area (Å²) < 4.78 is 7.29. The molecule has 0 atom stereocenters. The molecular weight excluding hydrogens is 412 g/mol. The molecule has 2 aromatic rings. The Morgan fingerprint density at radius 3 is 2.33 bits per heavy atom. The third-order valence-corrected chi connectivity index (χ3v) is 7.29. The predicted octanol–water partition coefficient (Wildman–Crippen LogP) is 5.72. The fraction of sp³-hybridized carbons (Fsp3) is 0.429. The molecule has 1 fully saturated rings. The number of hydrogen-bond donors (Lipinski definition) is 0. The Kier molecular flexibility index (Phi) is 6.33. The standard InChI is InChI=1S/C28H34N2O3/c1-17-12-13-24(14-18(17)2)29-19(3)15-22(20(29)4)16-25-26(28(32)33-6)21(5)30(27(25)31)23-10-8-7-9-11-23/h12-16,23H,7-11H2,1-6H3. The first-order chi connectivity index (χ1) is 15.7. The molecule has 1 saturated carbocycles. The van der Waals surface area contributed by atoms with Crippen molar-refractivity contribution in [3.8, 4) is 5.69 Å². The molecule has 2 heterocycles. The number of rotatable bonds is 4. The minimum absolute atomic E-state index is 0.0872. The normalized spacial score (nSPS) is 18.5. The number of methoxy groups -OCH3 is 1. The third-order valence-electron chi connectivity index (χ3n) is 7.29. The van der Waals surface area contributed by atoms with Gasteiger partial charge < -0.3 is 14.2 Å². The highest BCUT2D eigenvalue weighted by atomic mass is 16.5. The fourth-order valence-corrected chi connectivity index (χ4v) is 5.33. The van der Waals surface area contributed by atoms with E-state index in [2.05, 4.69) is 56.5 Å². The number of carbonyl (C=O) groups excluding carboxylic acids is 2. The first kappa shape index (κ1) is 23.1. The zero-order valence-corrected chi connectivity index (χ0v) is 20.6. The monoisotopic (exact) mass is 446 g/mol. The molecule has 1 aromatic carbocycles. The first-order valence-corrected chi connectivity index (χ1v) is 11.9. The number of aromatic nitrogens is 1. The summed E-state index contributed by atoms with van der Waals surface area (Å²) in [6.45, 7) is 10.2. The quantitative estimate of drug-likeness (QED) is 0.446. The molecule has 0 spiro atoms. The number of carbonyl (C=O) groups is 2. The molecule has 0 N–H and O–H groups in total. The van der Waals surface area contributed by atoms with Gasteiger partial charge in [0.25, 0.3) is 5.91 Å². The van der Waals surface area contributed by atoms with E-state index in [1.54, 1.807) is 0 Å². The molecule has 1 aliphatic carbocycles. The van der Waals surface area contributed by atoms with Crippen LogP contribution in [-0.2, 0) is 14.3 Å². The van der Waals surface area contributed by atoms with Gasteiger partial charge in [-0.25, -0.2) is 4.79 Å². The van der Waals surface area contributed by atoms with Gasteiger partial charge in [0.15, 0.2) is 0 Å². The summed E-state index contributed by atoms with van der Waals surface area (Å²) in [6, 6.07) is 8.67. The molecular formula is C28H34N2O3. The second-order valence-corrected chi connectivity index (χ2v) is 9.41. The van der Waals surface area contributed by atoms with Crippen LogP contribution in [0, 0.1) is 27.7 Å².